The normalized spacial score (nSPS) is 12.3. The molecule has 3 heterocycles. The molecule has 0 saturated heterocycles. The molecule has 0 bridgehead atoms. The van der Waals surface area contributed by atoms with Crippen molar-refractivity contribution in [2.45, 2.75) is 26.9 Å². The van der Waals surface area contributed by atoms with Gasteiger partial charge in [-0.15, -0.1) is 11.3 Å². The number of ketones is 1. The topological polar surface area (TPSA) is 82.3 Å². The van der Waals surface area contributed by atoms with E-state index in [1.165, 1.54) is 18.3 Å². The monoisotopic (exact) mass is 330 g/mol. The van der Waals surface area contributed by atoms with E-state index in [-0.39, 0.29) is 11.5 Å². The highest BCUT2D eigenvalue weighted by Crippen LogP contribution is 2.29. The van der Waals surface area contributed by atoms with E-state index in [1.54, 1.807) is 19.9 Å². The van der Waals surface area contributed by atoms with E-state index in [0.29, 0.717) is 22.3 Å². The van der Waals surface area contributed by atoms with Crippen LogP contribution in [-0.2, 0) is 9.53 Å². The number of nitrogens with zero attached hydrogens (tertiary/aromatic N) is 2. The second-order valence-electron chi connectivity index (χ2n) is 5.14. The third-order valence-electron chi connectivity index (χ3n) is 3.47. The van der Waals surface area contributed by atoms with Gasteiger partial charge < -0.3 is 9.26 Å². The Morgan fingerprint density at radius 3 is 2.83 bits per heavy atom. The summed E-state index contributed by atoms with van der Waals surface area (Å²) in [5.41, 5.74) is 1.72. The molecule has 0 N–H and O–H groups in total. The quantitative estimate of drug-likeness (QED) is 0.682. The van der Waals surface area contributed by atoms with Gasteiger partial charge in [0.1, 0.15) is 0 Å². The van der Waals surface area contributed by atoms with E-state index in [9.17, 15) is 9.59 Å². The average molecular weight is 330 g/mol. The van der Waals surface area contributed by atoms with Gasteiger partial charge in [0, 0.05) is 0 Å². The van der Waals surface area contributed by atoms with Crippen molar-refractivity contribution in [3.8, 4) is 10.6 Å². The SMILES string of the molecule is CC(=O)C(C)OC(=O)c1cc(-c2cccs2)nc2onc(C)c12. The minimum Gasteiger partial charge on any atom is -0.451 e. The molecule has 0 saturated carbocycles. The lowest BCUT2D eigenvalue weighted by Gasteiger charge is -2.11. The number of fused-ring (bicyclic) bond motifs is 1. The Morgan fingerprint density at radius 1 is 1.39 bits per heavy atom. The molecule has 3 rings (SSSR count). The van der Waals surface area contributed by atoms with Crippen LogP contribution in [0.25, 0.3) is 21.7 Å². The molecule has 0 aliphatic carbocycles. The number of rotatable bonds is 4. The standard InChI is InChI=1S/C16H14N2O4S/c1-8-14-11(16(20)21-10(3)9(2)19)7-12(13-5-4-6-23-13)17-15(14)22-18-8/h4-7,10H,1-3H3. The molecule has 1 atom stereocenters. The Kier molecular flexibility index (Phi) is 3.96. The number of aromatic nitrogens is 2. The number of ether oxygens (including phenoxy) is 1. The fourth-order valence-corrected chi connectivity index (χ4v) is 2.80. The van der Waals surface area contributed by atoms with Gasteiger partial charge in [-0.3, -0.25) is 4.79 Å². The van der Waals surface area contributed by atoms with Crippen LogP contribution in [0.15, 0.2) is 28.1 Å². The summed E-state index contributed by atoms with van der Waals surface area (Å²) in [5.74, 6) is -0.812. The minimum atomic E-state index is -0.809. The van der Waals surface area contributed by atoms with Crippen LogP contribution in [0.1, 0.15) is 29.9 Å². The fourth-order valence-electron chi connectivity index (χ4n) is 2.11. The van der Waals surface area contributed by atoms with E-state index < -0.39 is 12.1 Å². The number of aryl methyl sites for hydroxylation is 1. The summed E-state index contributed by atoms with van der Waals surface area (Å²) < 4.78 is 10.4. The van der Waals surface area contributed by atoms with Gasteiger partial charge in [0.2, 0.25) is 0 Å². The van der Waals surface area contributed by atoms with Crippen molar-refractivity contribution in [1.82, 2.24) is 10.1 Å². The van der Waals surface area contributed by atoms with Gasteiger partial charge in [0.05, 0.1) is 27.2 Å². The van der Waals surface area contributed by atoms with Crippen molar-refractivity contribution in [2.24, 2.45) is 0 Å². The van der Waals surface area contributed by atoms with Crippen LogP contribution in [0.2, 0.25) is 0 Å². The van der Waals surface area contributed by atoms with Crippen LogP contribution < -0.4 is 0 Å². The summed E-state index contributed by atoms with van der Waals surface area (Å²) in [6, 6.07) is 5.44. The smallest absolute Gasteiger partial charge is 0.339 e. The largest absolute Gasteiger partial charge is 0.451 e. The van der Waals surface area contributed by atoms with E-state index in [1.807, 2.05) is 17.5 Å². The van der Waals surface area contributed by atoms with Crippen LogP contribution >= 0.6 is 11.3 Å². The van der Waals surface area contributed by atoms with Crippen LogP contribution in [0.5, 0.6) is 0 Å². The lowest BCUT2D eigenvalue weighted by Crippen LogP contribution is -2.22. The van der Waals surface area contributed by atoms with Crippen molar-refractivity contribution < 1.29 is 18.8 Å². The second-order valence-corrected chi connectivity index (χ2v) is 6.09. The molecule has 6 nitrogen and oxygen atoms in total. The number of carbonyl (C=O) groups excluding carboxylic acids is 2. The zero-order valence-electron chi connectivity index (χ0n) is 12.8. The van der Waals surface area contributed by atoms with Gasteiger partial charge in [-0.2, -0.15) is 0 Å². The van der Waals surface area contributed by atoms with Crippen LogP contribution in [0.3, 0.4) is 0 Å². The van der Waals surface area contributed by atoms with E-state index in [0.717, 1.165) is 4.88 Å². The molecule has 0 aliphatic rings. The second kappa shape index (κ2) is 5.92. The number of thiophene rings is 1. The molecule has 23 heavy (non-hydrogen) atoms. The van der Waals surface area contributed by atoms with Gasteiger partial charge in [0.25, 0.3) is 5.71 Å². The van der Waals surface area contributed by atoms with Crippen molar-refractivity contribution in [3.05, 3.63) is 34.8 Å². The van der Waals surface area contributed by atoms with Crippen molar-refractivity contribution in [2.75, 3.05) is 0 Å². The Bertz CT molecular complexity index is 883. The maximum atomic E-state index is 12.5. The first-order chi connectivity index (χ1) is 11.0. The third kappa shape index (κ3) is 2.87. The number of hydrogen-bond donors (Lipinski definition) is 0. The van der Waals surface area contributed by atoms with Crippen molar-refractivity contribution in [3.63, 3.8) is 0 Å². The lowest BCUT2D eigenvalue weighted by atomic mass is 10.1. The molecule has 3 aromatic heterocycles. The number of esters is 1. The van der Waals surface area contributed by atoms with Gasteiger partial charge in [0.15, 0.2) is 11.9 Å². The third-order valence-corrected chi connectivity index (χ3v) is 4.36. The lowest BCUT2D eigenvalue weighted by molar-refractivity contribution is -0.124. The summed E-state index contributed by atoms with van der Waals surface area (Å²) in [6.07, 6.45) is -0.809. The van der Waals surface area contributed by atoms with Gasteiger partial charge >= 0.3 is 5.97 Å². The molecule has 0 aromatic carbocycles. The molecule has 7 heteroatoms. The molecular formula is C16H14N2O4S. The Balaban J connectivity index is 2.12. The molecule has 0 amide bonds. The molecule has 1 unspecified atom stereocenters. The summed E-state index contributed by atoms with van der Waals surface area (Å²) >= 11 is 1.50. The summed E-state index contributed by atoms with van der Waals surface area (Å²) in [4.78, 5) is 29.1. The number of Topliss-reactive ketones (excluding diaryl/α,β-unsaturated/α-hetero) is 1. The Labute approximate surface area is 136 Å². The predicted octanol–water partition coefficient (Wildman–Crippen LogP) is 3.39. The minimum absolute atomic E-state index is 0.218. The van der Waals surface area contributed by atoms with Crippen LogP contribution in [-0.4, -0.2) is 28.0 Å². The Hall–Kier alpha value is -2.54. The molecule has 118 valence electrons. The Morgan fingerprint density at radius 2 is 2.17 bits per heavy atom. The maximum absolute atomic E-state index is 12.5. The number of hydrogen-bond acceptors (Lipinski definition) is 7. The van der Waals surface area contributed by atoms with Gasteiger partial charge in [-0.25, -0.2) is 9.78 Å². The molecule has 0 aliphatic heterocycles. The summed E-state index contributed by atoms with van der Waals surface area (Å²) in [6.45, 7) is 4.64. The summed E-state index contributed by atoms with van der Waals surface area (Å²) in [7, 11) is 0. The highest BCUT2D eigenvalue weighted by atomic mass is 32.1. The van der Waals surface area contributed by atoms with E-state index >= 15 is 0 Å². The van der Waals surface area contributed by atoms with Crippen molar-refractivity contribution >= 4 is 34.2 Å². The van der Waals surface area contributed by atoms with Crippen LogP contribution in [0, 0.1) is 6.92 Å². The molecule has 0 radical (unpaired) electrons. The molecule has 3 aromatic rings. The van der Waals surface area contributed by atoms with Gasteiger partial charge in [-0.05, 0) is 38.3 Å². The number of carbonyl (C=O) groups is 2. The fraction of sp³-hybridized carbons (Fsp3) is 0.250. The first kappa shape index (κ1) is 15.4. The first-order valence-corrected chi connectivity index (χ1v) is 7.87. The predicted molar refractivity (Wildman–Crippen MR) is 85.4 cm³/mol. The average Bonchev–Trinajstić information content (AvgIpc) is 3.16. The zero-order chi connectivity index (χ0) is 16.6. The van der Waals surface area contributed by atoms with E-state index in [4.69, 9.17) is 9.26 Å². The molecule has 0 fully saturated rings. The number of pyridine rings is 1. The van der Waals surface area contributed by atoms with E-state index in [2.05, 4.69) is 10.1 Å². The van der Waals surface area contributed by atoms with Crippen molar-refractivity contribution in [1.29, 1.82) is 0 Å². The zero-order valence-corrected chi connectivity index (χ0v) is 13.6. The highest BCUT2D eigenvalue weighted by molar-refractivity contribution is 7.13. The molecular weight excluding hydrogens is 316 g/mol. The summed E-state index contributed by atoms with van der Waals surface area (Å²) in [5, 5.41) is 6.29. The molecule has 0 spiro atoms. The van der Waals surface area contributed by atoms with Crippen LogP contribution in [0.4, 0.5) is 0 Å². The highest BCUT2D eigenvalue weighted by Gasteiger charge is 2.23. The first-order valence-electron chi connectivity index (χ1n) is 6.99. The van der Waals surface area contributed by atoms with Gasteiger partial charge in [-0.1, -0.05) is 11.2 Å². The maximum Gasteiger partial charge on any atom is 0.339 e.